The highest BCUT2D eigenvalue weighted by atomic mass is 16.5. The van der Waals surface area contributed by atoms with Crippen molar-refractivity contribution in [1.29, 1.82) is 0 Å². The number of hydrogen-bond donors (Lipinski definition) is 1. The molecule has 1 aromatic heterocycles. The minimum atomic E-state index is 0.598. The molecule has 0 spiro atoms. The summed E-state index contributed by atoms with van der Waals surface area (Å²) in [4.78, 5) is 2.23. The molecule has 1 aliphatic rings. The summed E-state index contributed by atoms with van der Waals surface area (Å²) in [6.45, 7) is 5.23. The molecule has 1 fully saturated rings. The van der Waals surface area contributed by atoms with Gasteiger partial charge in [-0.05, 0) is 19.3 Å². The Morgan fingerprint density at radius 3 is 2.94 bits per heavy atom. The number of hydrogen-bond acceptors (Lipinski definition) is 6. The van der Waals surface area contributed by atoms with E-state index in [4.69, 9.17) is 9.15 Å². The molecule has 1 saturated carbocycles. The molecule has 18 heavy (non-hydrogen) atoms. The number of rotatable bonds is 9. The molecule has 0 amide bonds. The molecule has 0 radical (unpaired) electrons. The minimum absolute atomic E-state index is 0.598. The van der Waals surface area contributed by atoms with Crippen LogP contribution >= 0.6 is 0 Å². The van der Waals surface area contributed by atoms with Crippen molar-refractivity contribution in [3.63, 3.8) is 0 Å². The zero-order valence-electron chi connectivity index (χ0n) is 11.2. The molecule has 1 aromatic rings. The third-order valence-electron chi connectivity index (χ3n) is 2.91. The van der Waals surface area contributed by atoms with Gasteiger partial charge in [0.2, 0.25) is 5.89 Å². The molecule has 6 nitrogen and oxygen atoms in total. The molecular formula is C12H22N4O2. The highest BCUT2D eigenvalue weighted by Gasteiger charge is 2.31. The van der Waals surface area contributed by atoms with Crippen LogP contribution in [0.15, 0.2) is 4.42 Å². The largest absolute Gasteiger partial charge is 0.407 e. The molecule has 0 saturated heterocycles. The van der Waals surface area contributed by atoms with Crippen LogP contribution in [0.25, 0.3) is 0 Å². The van der Waals surface area contributed by atoms with E-state index in [1.165, 1.54) is 12.8 Å². The van der Waals surface area contributed by atoms with Gasteiger partial charge in [-0.25, -0.2) is 0 Å². The van der Waals surface area contributed by atoms with E-state index in [2.05, 4.69) is 27.3 Å². The van der Waals surface area contributed by atoms with Crippen molar-refractivity contribution >= 4 is 6.01 Å². The van der Waals surface area contributed by atoms with Crippen LogP contribution in [0.3, 0.4) is 0 Å². The van der Waals surface area contributed by atoms with Crippen LogP contribution in [0, 0.1) is 0 Å². The Morgan fingerprint density at radius 1 is 1.44 bits per heavy atom. The fourth-order valence-corrected chi connectivity index (χ4v) is 1.86. The summed E-state index contributed by atoms with van der Waals surface area (Å²) in [5.41, 5.74) is 0. The van der Waals surface area contributed by atoms with Crippen molar-refractivity contribution in [1.82, 2.24) is 15.5 Å². The quantitative estimate of drug-likeness (QED) is 0.668. The van der Waals surface area contributed by atoms with E-state index < -0.39 is 0 Å². The Morgan fingerprint density at radius 2 is 2.28 bits per heavy atom. The second kappa shape index (κ2) is 6.70. The first kappa shape index (κ1) is 13.3. The molecule has 0 aromatic carbocycles. The molecule has 0 atom stereocenters. The van der Waals surface area contributed by atoms with E-state index in [1.807, 2.05) is 0 Å². The summed E-state index contributed by atoms with van der Waals surface area (Å²) in [5, 5.41) is 11.4. The summed E-state index contributed by atoms with van der Waals surface area (Å²) >= 11 is 0. The molecule has 102 valence electrons. The Bertz CT molecular complexity index is 352. The van der Waals surface area contributed by atoms with E-state index in [1.54, 1.807) is 7.11 Å². The first-order chi connectivity index (χ1) is 8.85. The van der Waals surface area contributed by atoms with Gasteiger partial charge in [-0.3, -0.25) is 0 Å². The third-order valence-corrected chi connectivity index (χ3v) is 2.91. The van der Waals surface area contributed by atoms with E-state index in [0.717, 1.165) is 19.5 Å². The zero-order valence-corrected chi connectivity index (χ0v) is 11.2. The average molecular weight is 254 g/mol. The van der Waals surface area contributed by atoms with E-state index in [-0.39, 0.29) is 0 Å². The zero-order chi connectivity index (χ0) is 12.8. The summed E-state index contributed by atoms with van der Waals surface area (Å²) in [6, 6.07) is 1.28. The van der Waals surface area contributed by atoms with Gasteiger partial charge in [0.15, 0.2) is 0 Å². The second-order valence-corrected chi connectivity index (χ2v) is 4.57. The fraction of sp³-hybridized carbons (Fsp3) is 0.833. The SMILES string of the molecule is CCCN(c1nnc(CNCCOC)o1)C1CC1. The van der Waals surface area contributed by atoms with Gasteiger partial charge >= 0.3 is 6.01 Å². The maximum atomic E-state index is 5.68. The molecule has 1 heterocycles. The third kappa shape index (κ3) is 3.68. The number of anilines is 1. The lowest BCUT2D eigenvalue weighted by Gasteiger charge is -2.18. The molecule has 6 heteroatoms. The lowest BCUT2D eigenvalue weighted by molar-refractivity contribution is 0.198. The van der Waals surface area contributed by atoms with E-state index in [0.29, 0.717) is 31.1 Å². The molecule has 0 aliphatic heterocycles. The lowest BCUT2D eigenvalue weighted by Crippen LogP contribution is -2.26. The summed E-state index contributed by atoms with van der Waals surface area (Å²) in [6.07, 6.45) is 3.58. The van der Waals surface area contributed by atoms with E-state index >= 15 is 0 Å². The standard InChI is InChI=1S/C12H22N4O2/c1-3-7-16(10-4-5-10)12-15-14-11(18-12)9-13-6-8-17-2/h10,13H,3-9H2,1-2H3. The van der Waals surface area contributed by atoms with Gasteiger partial charge < -0.3 is 19.4 Å². The lowest BCUT2D eigenvalue weighted by atomic mass is 10.4. The summed E-state index contributed by atoms with van der Waals surface area (Å²) < 4.78 is 10.6. The second-order valence-electron chi connectivity index (χ2n) is 4.57. The Labute approximate surface area is 108 Å². The van der Waals surface area contributed by atoms with Crippen molar-refractivity contribution in [2.45, 2.75) is 38.8 Å². The van der Waals surface area contributed by atoms with Crippen molar-refractivity contribution in [3.8, 4) is 0 Å². The van der Waals surface area contributed by atoms with Gasteiger partial charge in [-0.2, -0.15) is 0 Å². The predicted octanol–water partition coefficient (Wildman–Crippen LogP) is 1.18. The van der Waals surface area contributed by atoms with Crippen molar-refractivity contribution in [2.75, 3.05) is 31.7 Å². The molecule has 0 bridgehead atoms. The van der Waals surface area contributed by atoms with Crippen LogP contribution in [0.4, 0.5) is 6.01 Å². The number of nitrogens with one attached hydrogen (secondary N) is 1. The van der Waals surface area contributed by atoms with Crippen molar-refractivity contribution in [2.24, 2.45) is 0 Å². The monoisotopic (exact) mass is 254 g/mol. The van der Waals surface area contributed by atoms with E-state index in [9.17, 15) is 0 Å². The Balaban J connectivity index is 1.83. The minimum Gasteiger partial charge on any atom is -0.407 e. The fourth-order valence-electron chi connectivity index (χ4n) is 1.86. The number of nitrogens with zero attached hydrogens (tertiary/aromatic N) is 3. The normalized spacial score (nSPS) is 15.0. The van der Waals surface area contributed by atoms with Gasteiger partial charge in [0, 0.05) is 26.2 Å². The van der Waals surface area contributed by atoms with Crippen LogP contribution in [0.5, 0.6) is 0 Å². The smallest absolute Gasteiger partial charge is 0.318 e. The van der Waals surface area contributed by atoms with Crippen LogP contribution < -0.4 is 10.2 Å². The molecule has 1 N–H and O–H groups in total. The van der Waals surface area contributed by atoms with Gasteiger partial charge in [-0.1, -0.05) is 12.0 Å². The van der Waals surface area contributed by atoms with Gasteiger partial charge in [0.1, 0.15) is 0 Å². The maximum absolute atomic E-state index is 5.68. The van der Waals surface area contributed by atoms with Crippen molar-refractivity contribution in [3.05, 3.63) is 5.89 Å². The Kier molecular flexibility index (Phi) is 4.95. The molecular weight excluding hydrogens is 232 g/mol. The highest BCUT2D eigenvalue weighted by Crippen LogP contribution is 2.30. The predicted molar refractivity (Wildman–Crippen MR) is 68.5 cm³/mol. The topological polar surface area (TPSA) is 63.4 Å². The van der Waals surface area contributed by atoms with Crippen LogP contribution in [-0.2, 0) is 11.3 Å². The first-order valence-corrected chi connectivity index (χ1v) is 6.63. The van der Waals surface area contributed by atoms with Crippen LogP contribution in [0.1, 0.15) is 32.1 Å². The van der Waals surface area contributed by atoms with Crippen molar-refractivity contribution < 1.29 is 9.15 Å². The highest BCUT2D eigenvalue weighted by molar-refractivity contribution is 5.29. The summed E-state index contributed by atoms with van der Waals surface area (Å²) in [5.74, 6) is 0.642. The van der Waals surface area contributed by atoms with Gasteiger partial charge in [-0.15, -0.1) is 5.10 Å². The number of ether oxygens (including phenoxy) is 1. The number of methoxy groups -OCH3 is 1. The van der Waals surface area contributed by atoms with Gasteiger partial charge in [0.25, 0.3) is 0 Å². The summed E-state index contributed by atoms with van der Waals surface area (Å²) in [7, 11) is 1.69. The average Bonchev–Trinajstić information content (AvgIpc) is 3.11. The maximum Gasteiger partial charge on any atom is 0.318 e. The van der Waals surface area contributed by atoms with Gasteiger partial charge in [0.05, 0.1) is 13.2 Å². The first-order valence-electron chi connectivity index (χ1n) is 6.63. The molecule has 0 unspecified atom stereocenters. The van der Waals surface area contributed by atoms with Crippen LogP contribution in [0.2, 0.25) is 0 Å². The van der Waals surface area contributed by atoms with Crippen LogP contribution in [-0.4, -0.2) is 43.0 Å². The Hall–Kier alpha value is -1.14. The molecule has 2 rings (SSSR count). The molecule has 1 aliphatic carbocycles. The number of aromatic nitrogens is 2.